The molecule has 16 heavy (non-hydrogen) atoms. The summed E-state index contributed by atoms with van der Waals surface area (Å²) in [6.45, 7) is 0. The van der Waals surface area contributed by atoms with Crippen LogP contribution in [0.3, 0.4) is 0 Å². The van der Waals surface area contributed by atoms with Crippen molar-refractivity contribution in [2.45, 2.75) is 12.6 Å². The van der Waals surface area contributed by atoms with Gasteiger partial charge in [-0.05, 0) is 0 Å². The van der Waals surface area contributed by atoms with Crippen LogP contribution in [0.2, 0.25) is 0 Å². The molecular formula is C8H7F3N2O3. The van der Waals surface area contributed by atoms with E-state index in [-0.39, 0.29) is 0 Å². The van der Waals surface area contributed by atoms with E-state index in [2.05, 4.69) is 0 Å². The number of phenols is 1. The normalized spacial score (nSPS) is 11.4. The number of nitrogens with two attached hydrogens (primary N) is 1. The fourth-order valence-electron chi connectivity index (χ4n) is 1.16. The number of nitrogens with zero attached hydrogens (tertiary/aromatic N) is 1. The Morgan fingerprint density at radius 2 is 2.00 bits per heavy atom. The van der Waals surface area contributed by atoms with Crippen LogP contribution < -0.4 is 5.73 Å². The number of benzene rings is 1. The summed E-state index contributed by atoms with van der Waals surface area (Å²) in [5.74, 6) is -0.830. The lowest BCUT2D eigenvalue weighted by Gasteiger charge is -2.10. The van der Waals surface area contributed by atoms with Crippen LogP contribution in [0, 0.1) is 10.1 Å². The number of nitro benzene ring substituents is 1. The van der Waals surface area contributed by atoms with Crippen molar-refractivity contribution in [2.24, 2.45) is 0 Å². The molecule has 0 heterocycles. The second-order valence-electron chi connectivity index (χ2n) is 3.08. The summed E-state index contributed by atoms with van der Waals surface area (Å²) in [6.07, 6.45) is -5.97. The number of nitrogen functional groups attached to an aromatic ring is 1. The van der Waals surface area contributed by atoms with Crippen LogP contribution in [0.25, 0.3) is 0 Å². The molecule has 0 saturated carbocycles. The van der Waals surface area contributed by atoms with Gasteiger partial charge in [0.25, 0.3) is 5.69 Å². The van der Waals surface area contributed by atoms with E-state index < -0.39 is 40.2 Å². The zero-order chi connectivity index (χ0) is 12.5. The summed E-state index contributed by atoms with van der Waals surface area (Å²) in [6, 6.07) is 1.41. The Bertz CT molecular complexity index is 408. The molecule has 1 rings (SSSR count). The van der Waals surface area contributed by atoms with Crippen molar-refractivity contribution >= 4 is 11.4 Å². The Kier molecular flexibility index (Phi) is 2.92. The van der Waals surface area contributed by atoms with Crippen molar-refractivity contribution in [3.8, 4) is 5.75 Å². The minimum Gasteiger partial charge on any atom is -0.507 e. The molecule has 0 radical (unpaired) electrons. The number of aromatic hydroxyl groups is 1. The lowest BCUT2D eigenvalue weighted by atomic mass is 10.1. The van der Waals surface area contributed by atoms with Crippen LogP contribution in [0.4, 0.5) is 24.5 Å². The van der Waals surface area contributed by atoms with Crippen LogP contribution in [0.1, 0.15) is 5.56 Å². The van der Waals surface area contributed by atoms with Gasteiger partial charge in [0.05, 0.1) is 17.4 Å². The maximum atomic E-state index is 12.1. The van der Waals surface area contributed by atoms with Crippen LogP contribution in [0.5, 0.6) is 5.75 Å². The first-order valence-corrected chi connectivity index (χ1v) is 4.03. The summed E-state index contributed by atoms with van der Waals surface area (Å²) in [7, 11) is 0. The average molecular weight is 236 g/mol. The fraction of sp³-hybridized carbons (Fsp3) is 0.250. The van der Waals surface area contributed by atoms with Gasteiger partial charge >= 0.3 is 6.18 Å². The summed E-state index contributed by atoms with van der Waals surface area (Å²) in [4.78, 5) is 9.46. The van der Waals surface area contributed by atoms with Gasteiger partial charge in [0.15, 0.2) is 0 Å². The van der Waals surface area contributed by atoms with Gasteiger partial charge in [-0.25, -0.2) is 0 Å². The smallest absolute Gasteiger partial charge is 0.393 e. The minimum atomic E-state index is -4.54. The van der Waals surface area contributed by atoms with Gasteiger partial charge in [0.2, 0.25) is 0 Å². The Balaban J connectivity index is 3.18. The van der Waals surface area contributed by atoms with E-state index in [1.807, 2.05) is 0 Å². The molecular weight excluding hydrogens is 229 g/mol. The van der Waals surface area contributed by atoms with Crippen molar-refractivity contribution in [2.75, 3.05) is 5.73 Å². The van der Waals surface area contributed by atoms with Gasteiger partial charge in [-0.1, -0.05) is 0 Å². The standard InChI is InChI=1S/C8H7F3N2O3/c9-8(10,11)3-5-6(12)1-4(13(15)16)2-7(5)14/h1-2,14H,3,12H2. The van der Waals surface area contributed by atoms with Crippen LogP contribution in [-0.2, 0) is 6.42 Å². The predicted octanol–water partition coefficient (Wildman–Crippen LogP) is 1.99. The molecule has 0 aliphatic rings. The topological polar surface area (TPSA) is 89.4 Å². The number of rotatable bonds is 2. The second kappa shape index (κ2) is 3.87. The third-order valence-corrected chi connectivity index (χ3v) is 1.83. The molecule has 0 saturated heterocycles. The van der Waals surface area contributed by atoms with E-state index in [0.29, 0.717) is 6.07 Å². The van der Waals surface area contributed by atoms with Crippen molar-refractivity contribution in [1.29, 1.82) is 0 Å². The molecule has 0 fully saturated rings. The van der Waals surface area contributed by atoms with Crippen molar-refractivity contribution in [1.82, 2.24) is 0 Å². The van der Waals surface area contributed by atoms with Gasteiger partial charge in [-0.3, -0.25) is 10.1 Å². The number of halogens is 3. The lowest BCUT2D eigenvalue weighted by Crippen LogP contribution is -2.13. The van der Waals surface area contributed by atoms with E-state index in [4.69, 9.17) is 5.73 Å². The number of hydrogen-bond donors (Lipinski definition) is 2. The number of hydrogen-bond acceptors (Lipinski definition) is 4. The van der Waals surface area contributed by atoms with E-state index in [0.717, 1.165) is 6.07 Å². The number of phenolic OH excluding ortho intramolecular Hbond substituents is 1. The van der Waals surface area contributed by atoms with Gasteiger partial charge in [-0.15, -0.1) is 0 Å². The second-order valence-corrected chi connectivity index (χ2v) is 3.08. The summed E-state index contributed by atoms with van der Waals surface area (Å²) >= 11 is 0. The Labute approximate surface area is 87.4 Å². The third-order valence-electron chi connectivity index (χ3n) is 1.83. The lowest BCUT2D eigenvalue weighted by molar-refractivity contribution is -0.384. The number of nitro groups is 1. The van der Waals surface area contributed by atoms with E-state index in [1.165, 1.54) is 0 Å². The highest BCUT2D eigenvalue weighted by molar-refractivity contribution is 5.60. The highest BCUT2D eigenvalue weighted by Crippen LogP contribution is 2.34. The van der Waals surface area contributed by atoms with Crippen molar-refractivity contribution in [3.63, 3.8) is 0 Å². The highest BCUT2D eigenvalue weighted by atomic mass is 19.4. The maximum Gasteiger partial charge on any atom is 0.393 e. The van der Waals surface area contributed by atoms with E-state index in [1.54, 1.807) is 0 Å². The molecule has 0 aromatic heterocycles. The summed E-state index contributed by atoms with van der Waals surface area (Å²) in [5.41, 5.74) is 3.64. The van der Waals surface area contributed by atoms with Crippen LogP contribution in [0.15, 0.2) is 12.1 Å². The predicted molar refractivity (Wildman–Crippen MR) is 48.9 cm³/mol. The average Bonchev–Trinajstić information content (AvgIpc) is 2.09. The maximum absolute atomic E-state index is 12.1. The molecule has 5 nitrogen and oxygen atoms in total. The van der Waals surface area contributed by atoms with Crippen molar-refractivity contribution < 1.29 is 23.2 Å². The van der Waals surface area contributed by atoms with Gasteiger partial charge < -0.3 is 10.8 Å². The van der Waals surface area contributed by atoms with Crippen LogP contribution >= 0.6 is 0 Å². The molecule has 1 aromatic rings. The van der Waals surface area contributed by atoms with E-state index >= 15 is 0 Å². The molecule has 0 atom stereocenters. The first kappa shape index (κ1) is 12.1. The first-order chi connectivity index (χ1) is 7.20. The molecule has 0 amide bonds. The molecule has 0 spiro atoms. The molecule has 0 bridgehead atoms. The minimum absolute atomic E-state index is 0.455. The van der Waals surface area contributed by atoms with Gasteiger partial charge in [0, 0.05) is 17.3 Å². The Morgan fingerprint density at radius 3 is 2.38 bits per heavy atom. The molecule has 3 N–H and O–H groups in total. The molecule has 0 aliphatic heterocycles. The zero-order valence-electron chi connectivity index (χ0n) is 7.78. The molecule has 1 aromatic carbocycles. The Hall–Kier alpha value is -1.99. The van der Waals surface area contributed by atoms with Crippen LogP contribution in [-0.4, -0.2) is 16.2 Å². The molecule has 8 heteroatoms. The monoisotopic (exact) mass is 236 g/mol. The number of anilines is 1. The summed E-state index contributed by atoms with van der Waals surface area (Å²) in [5, 5.41) is 19.5. The zero-order valence-corrected chi connectivity index (χ0v) is 7.78. The summed E-state index contributed by atoms with van der Waals surface area (Å²) < 4.78 is 36.2. The largest absolute Gasteiger partial charge is 0.507 e. The highest BCUT2D eigenvalue weighted by Gasteiger charge is 2.31. The number of alkyl halides is 3. The SMILES string of the molecule is Nc1cc([N+](=O)[O-])cc(O)c1CC(F)(F)F. The Morgan fingerprint density at radius 1 is 1.44 bits per heavy atom. The van der Waals surface area contributed by atoms with E-state index in [9.17, 15) is 28.4 Å². The quantitative estimate of drug-likeness (QED) is 0.466. The fourth-order valence-corrected chi connectivity index (χ4v) is 1.16. The number of non-ortho nitro benzene ring substituents is 1. The third kappa shape index (κ3) is 2.75. The van der Waals surface area contributed by atoms with Gasteiger partial charge in [0.1, 0.15) is 5.75 Å². The molecule has 0 unspecified atom stereocenters. The molecule has 0 aliphatic carbocycles. The first-order valence-electron chi connectivity index (χ1n) is 4.03. The van der Waals surface area contributed by atoms with Gasteiger partial charge in [-0.2, -0.15) is 13.2 Å². The van der Waals surface area contributed by atoms with Crippen molar-refractivity contribution in [3.05, 3.63) is 27.8 Å². The molecule has 88 valence electrons.